The first kappa shape index (κ1) is 45.8. The van der Waals surface area contributed by atoms with E-state index in [0.29, 0.717) is 0 Å². The summed E-state index contributed by atoms with van der Waals surface area (Å²) in [4.78, 5) is 0. The molecule has 0 atom stereocenters. The van der Waals surface area contributed by atoms with E-state index in [1.807, 2.05) is 0 Å². The molecule has 0 saturated heterocycles. The highest BCUT2D eigenvalue weighted by Gasteiger charge is 2.21. The van der Waals surface area contributed by atoms with Gasteiger partial charge in [-0.25, -0.2) is 0 Å². The highest BCUT2D eigenvalue weighted by molar-refractivity contribution is 6.50. The van der Waals surface area contributed by atoms with E-state index >= 15 is 0 Å². The van der Waals surface area contributed by atoms with Gasteiger partial charge in [-0.1, -0.05) is 119 Å². The molecular weight excluding hydrogens is 477 g/mol. The first-order valence-corrected chi connectivity index (χ1v) is 11.4. The summed E-state index contributed by atoms with van der Waals surface area (Å²) in [5.41, 5.74) is 0. The molecule has 0 aliphatic heterocycles. The van der Waals surface area contributed by atoms with Crippen molar-refractivity contribution in [3.05, 3.63) is 0 Å². The van der Waals surface area contributed by atoms with Crippen molar-refractivity contribution >= 4 is 21.8 Å². The molecule has 0 fully saturated rings. The molecular formula is C18H42B3F12-3. The molecule has 0 rings (SSSR count). The largest absolute Gasteiger partial charge is 0.673 e. The molecule has 0 amide bonds. The lowest BCUT2D eigenvalue weighted by atomic mass is 10.2. The molecule has 0 unspecified atom stereocenters. The number of unbranched alkanes of at least 4 members (excludes halogenated alkanes) is 9. The SMILES string of the molecule is CCCCCC.CCCCCC.CCCCCC.F[B-](F)(F)F.F[B-](F)(F)F.F[B-](F)(F)F. The zero-order chi connectivity index (χ0) is 28.0. The molecule has 0 aromatic heterocycles. The van der Waals surface area contributed by atoms with E-state index in [0.717, 1.165) is 0 Å². The van der Waals surface area contributed by atoms with E-state index in [4.69, 9.17) is 0 Å². The monoisotopic (exact) mass is 519 g/mol. The van der Waals surface area contributed by atoms with Gasteiger partial charge in [0.2, 0.25) is 0 Å². The molecule has 0 heterocycles. The highest BCUT2D eigenvalue weighted by atomic mass is 19.5. The van der Waals surface area contributed by atoms with Gasteiger partial charge in [0, 0.05) is 0 Å². The van der Waals surface area contributed by atoms with Crippen LogP contribution in [0.5, 0.6) is 0 Å². The molecule has 15 heteroatoms. The Kier molecular flexibility index (Phi) is 46.5. The van der Waals surface area contributed by atoms with E-state index in [-0.39, 0.29) is 0 Å². The fourth-order valence-corrected chi connectivity index (χ4v) is 1.50. The Morgan fingerprint density at radius 1 is 0.273 bits per heavy atom. The van der Waals surface area contributed by atoms with Crippen LogP contribution in [0.1, 0.15) is 119 Å². The summed E-state index contributed by atoms with van der Waals surface area (Å²) in [7, 11) is -18.0. The first-order valence-electron chi connectivity index (χ1n) is 11.4. The molecule has 0 aliphatic carbocycles. The van der Waals surface area contributed by atoms with Crippen LogP contribution >= 0.6 is 0 Å². The average Bonchev–Trinajstić information content (AvgIpc) is 2.60. The van der Waals surface area contributed by atoms with E-state index in [1.165, 1.54) is 77.0 Å². The summed E-state index contributed by atoms with van der Waals surface area (Å²) in [5, 5.41) is 0. The van der Waals surface area contributed by atoms with Crippen molar-refractivity contribution in [2.45, 2.75) is 119 Å². The Hall–Kier alpha value is -0.645. The predicted molar refractivity (Wildman–Crippen MR) is 120 cm³/mol. The summed E-state index contributed by atoms with van der Waals surface area (Å²) >= 11 is 0. The summed E-state index contributed by atoms with van der Waals surface area (Å²) in [6.45, 7) is 13.4. The van der Waals surface area contributed by atoms with Crippen molar-refractivity contribution in [3.8, 4) is 0 Å². The Balaban J connectivity index is -0.0000000664. The maximum Gasteiger partial charge on any atom is 0.673 e. The Labute approximate surface area is 193 Å². The van der Waals surface area contributed by atoms with Crippen LogP contribution in [0, 0.1) is 0 Å². The molecule has 0 aromatic rings. The second kappa shape index (κ2) is 33.5. The van der Waals surface area contributed by atoms with Crippen LogP contribution in [0.25, 0.3) is 0 Å². The molecule has 0 spiro atoms. The molecule has 210 valence electrons. The molecule has 0 aliphatic rings. The second-order valence-electron chi connectivity index (χ2n) is 6.61. The molecule has 0 bridgehead atoms. The lowest BCUT2D eigenvalue weighted by Gasteiger charge is -1.94. The number of hydrogen-bond donors (Lipinski definition) is 0. The molecule has 0 aromatic carbocycles. The average molecular weight is 519 g/mol. The standard InChI is InChI=1S/3C6H14.3BF4/c3*1-3-5-6-4-2;3*2-1(3,4)5/h3*3-6H2,1-2H3;;;/q;;;3*-1. The zero-order valence-electron chi connectivity index (χ0n) is 20.8. The van der Waals surface area contributed by atoms with Crippen molar-refractivity contribution in [1.29, 1.82) is 0 Å². The molecule has 0 saturated carbocycles. The van der Waals surface area contributed by atoms with E-state index < -0.39 is 21.8 Å². The van der Waals surface area contributed by atoms with Crippen molar-refractivity contribution in [3.63, 3.8) is 0 Å². The van der Waals surface area contributed by atoms with Crippen LogP contribution in [-0.4, -0.2) is 21.8 Å². The van der Waals surface area contributed by atoms with Gasteiger partial charge in [0.15, 0.2) is 0 Å². The van der Waals surface area contributed by atoms with Gasteiger partial charge in [0.25, 0.3) is 0 Å². The van der Waals surface area contributed by atoms with Gasteiger partial charge >= 0.3 is 21.8 Å². The van der Waals surface area contributed by atoms with Gasteiger partial charge in [-0.3, -0.25) is 0 Å². The van der Waals surface area contributed by atoms with Crippen molar-refractivity contribution in [2.75, 3.05) is 0 Å². The minimum absolute atomic E-state index is 1.36. The predicted octanol–water partition coefficient (Wildman–Crippen LogP) is 11.7. The van der Waals surface area contributed by atoms with Crippen LogP contribution in [0.15, 0.2) is 0 Å². The number of halogens is 12. The zero-order valence-corrected chi connectivity index (χ0v) is 20.8. The quantitative estimate of drug-likeness (QED) is 0.162. The summed E-state index contributed by atoms with van der Waals surface area (Å²) in [6, 6.07) is 0. The normalized spacial score (nSPS) is 10.4. The Morgan fingerprint density at radius 2 is 0.333 bits per heavy atom. The van der Waals surface area contributed by atoms with Gasteiger partial charge in [-0.2, -0.15) is 0 Å². The van der Waals surface area contributed by atoms with Gasteiger partial charge in [0.1, 0.15) is 0 Å². The lowest BCUT2D eigenvalue weighted by molar-refractivity contribution is 0.366. The summed E-state index contributed by atoms with van der Waals surface area (Å²) in [5.74, 6) is 0. The minimum atomic E-state index is -6.00. The van der Waals surface area contributed by atoms with E-state index in [9.17, 15) is 51.8 Å². The van der Waals surface area contributed by atoms with Crippen LogP contribution in [0.3, 0.4) is 0 Å². The van der Waals surface area contributed by atoms with E-state index in [1.54, 1.807) is 0 Å². The second-order valence-corrected chi connectivity index (χ2v) is 6.61. The lowest BCUT2D eigenvalue weighted by Crippen LogP contribution is -2.02. The van der Waals surface area contributed by atoms with Gasteiger partial charge in [0.05, 0.1) is 0 Å². The Bertz CT molecular complexity index is 232. The van der Waals surface area contributed by atoms with Gasteiger partial charge in [-0.15, -0.1) is 0 Å². The number of hydrogen-bond acceptors (Lipinski definition) is 0. The van der Waals surface area contributed by atoms with Crippen molar-refractivity contribution in [2.24, 2.45) is 0 Å². The van der Waals surface area contributed by atoms with Crippen LogP contribution in [-0.2, 0) is 0 Å². The minimum Gasteiger partial charge on any atom is -0.418 e. The highest BCUT2D eigenvalue weighted by Crippen LogP contribution is 2.07. The molecule has 33 heavy (non-hydrogen) atoms. The third-order valence-electron chi connectivity index (χ3n) is 2.87. The van der Waals surface area contributed by atoms with Crippen molar-refractivity contribution in [1.82, 2.24) is 0 Å². The number of rotatable bonds is 9. The third kappa shape index (κ3) is 387. The summed E-state index contributed by atoms with van der Waals surface area (Å²) < 4.78 is 117. The first-order chi connectivity index (χ1) is 14.7. The van der Waals surface area contributed by atoms with Gasteiger partial charge in [-0.05, 0) is 0 Å². The van der Waals surface area contributed by atoms with Crippen LogP contribution in [0.4, 0.5) is 51.8 Å². The topological polar surface area (TPSA) is 0 Å². The maximum absolute atomic E-state index is 9.75. The molecule has 0 N–H and O–H groups in total. The van der Waals surface area contributed by atoms with Gasteiger partial charge < -0.3 is 51.8 Å². The third-order valence-corrected chi connectivity index (χ3v) is 2.87. The van der Waals surface area contributed by atoms with Crippen LogP contribution in [0.2, 0.25) is 0 Å². The van der Waals surface area contributed by atoms with E-state index in [2.05, 4.69) is 41.5 Å². The Morgan fingerprint density at radius 3 is 0.364 bits per heavy atom. The molecule has 0 nitrogen and oxygen atoms in total. The molecule has 0 radical (unpaired) electrons. The van der Waals surface area contributed by atoms with Crippen molar-refractivity contribution < 1.29 is 51.8 Å². The smallest absolute Gasteiger partial charge is 0.418 e. The fraction of sp³-hybridized carbons (Fsp3) is 1.00. The summed E-state index contributed by atoms with van der Waals surface area (Å²) in [6.07, 6.45) is 16.6. The fourth-order valence-electron chi connectivity index (χ4n) is 1.50. The maximum atomic E-state index is 9.75. The van der Waals surface area contributed by atoms with Crippen LogP contribution < -0.4 is 0 Å².